The summed E-state index contributed by atoms with van der Waals surface area (Å²) in [6, 6.07) is 11.6. The van der Waals surface area contributed by atoms with Gasteiger partial charge in [-0.1, -0.05) is 6.92 Å². The molecule has 0 N–H and O–H groups in total. The molecule has 4 nitrogen and oxygen atoms in total. The lowest BCUT2D eigenvalue weighted by Crippen LogP contribution is -2.01. The second-order valence-corrected chi connectivity index (χ2v) is 6.15. The zero-order chi connectivity index (χ0) is 18.1. The average molecular weight is 406 g/mol. The van der Waals surface area contributed by atoms with E-state index in [-0.39, 0.29) is 0 Å². The van der Waals surface area contributed by atoms with Crippen LogP contribution in [0, 0.1) is 0 Å². The normalized spacial score (nSPS) is 10.9. The van der Waals surface area contributed by atoms with Gasteiger partial charge in [0.15, 0.2) is 11.5 Å². The van der Waals surface area contributed by atoms with Gasteiger partial charge in [-0.2, -0.15) is 0 Å². The Labute approximate surface area is 158 Å². The molecule has 0 radical (unpaired) electrons. The van der Waals surface area contributed by atoms with E-state index in [1.165, 1.54) is 0 Å². The van der Waals surface area contributed by atoms with Crippen molar-refractivity contribution in [3.8, 4) is 17.2 Å². The van der Waals surface area contributed by atoms with Crippen LogP contribution < -0.4 is 14.2 Å². The van der Waals surface area contributed by atoms with E-state index in [1.54, 1.807) is 0 Å². The third-order valence-corrected chi connectivity index (χ3v) is 3.88. The summed E-state index contributed by atoms with van der Waals surface area (Å²) in [5.41, 5.74) is 1.80. The Morgan fingerprint density at radius 1 is 0.960 bits per heavy atom. The molecule has 0 saturated heterocycles. The van der Waals surface area contributed by atoms with E-state index in [9.17, 15) is 0 Å². The predicted molar refractivity (Wildman–Crippen MR) is 106 cm³/mol. The highest BCUT2D eigenvalue weighted by Crippen LogP contribution is 2.36. The molecule has 0 heterocycles. The zero-order valence-electron chi connectivity index (χ0n) is 14.9. The molecule has 0 aromatic heterocycles. The number of aliphatic imine (C=N–C) groups is 1. The van der Waals surface area contributed by atoms with Crippen LogP contribution in [0.25, 0.3) is 0 Å². The number of hydrogen-bond acceptors (Lipinski definition) is 4. The first-order chi connectivity index (χ1) is 12.2. The minimum absolute atomic E-state index is 0.578. The van der Waals surface area contributed by atoms with Crippen LogP contribution in [0.1, 0.15) is 32.8 Å². The van der Waals surface area contributed by atoms with Gasteiger partial charge in [-0.15, -0.1) is 0 Å². The quantitative estimate of drug-likeness (QED) is 0.495. The van der Waals surface area contributed by atoms with Gasteiger partial charge in [0.05, 0.1) is 30.0 Å². The third kappa shape index (κ3) is 5.78. The smallest absolute Gasteiger partial charge is 0.175 e. The number of benzene rings is 2. The Balaban J connectivity index is 2.20. The van der Waals surface area contributed by atoms with Crippen molar-refractivity contribution >= 4 is 27.8 Å². The zero-order valence-corrected chi connectivity index (χ0v) is 16.5. The van der Waals surface area contributed by atoms with Crippen LogP contribution in [-0.4, -0.2) is 26.0 Å². The molecule has 0 saturated carbocycles. The molecule has 2 aromatic carbocycles. The summed E-state index contributed by atoms with van der Waals surface area (Å²) >= 11 is 3.57. The van der Waals surface area contributed by atoms with Crippen LogP contribution in [0.5, 0.6) is 17.2 Å². The fourth-order valence-corrected chi connectivity index (χ4v) is 2.79. The maximum absolute atomic E-state index is 5.79. The van der Waals surface area contributed by atoms with Gasteiger partial charge in [-0.05, 0) is 78.2 Å². The second kappa shape index (κ2) is 10.1. The van der Waals surface area contributed by atoms with E-state index in [1.807, 2.05) is 56.5 Å². The van der Waals surface area contributed by atoms with Crippen LogP contribution in [0.15, 0.2) is 45.9 Å². The Bertz CT molecular complexity index is 699. The van der Waals surface area contributed by atoms with E-state index in [0.29, 0.717) is 19.8 Å². The lowest BCUT2D eigenvalue weighted by atomic mass is 10.2. The maximum Gasteiger partial charge on any atom is 0.175 e. The molecule has 2 aromatic rings. The summed E-state index contributed by atoms with van der Waals surface area (Å²) in [7, 11) is 0. The monoisotopic (exact) mass is 405 g/mol. The standard InChI is InChI=1S/C20H24BrNO3/c1-4-11-25-20-18(21)12-15(13-19(20)24-6-3)14-22-16-7-9-17(10-8-16)23-5-2/h7-10,12-14H,4-6,11H2,1-3H3. The summed E-state index contributed by atoms with van der Waals surface area (Å²) in [4.78, 5) is 4.51. The molecule has 0 unspecified atom stereocenters. The van der Waals surface area contributed by atoms with E-state index in [2.05, 4.69) is 27.8 Å². The van der Waals surface area contributed by atoms with Gasteiger partial charge in [0, 0.05) is 6.21 Å². The molecule has 134 valence electrons. The summed E-state index contributed by atoms with van der Waals surface area (Å²) in [6.45, 7) is 7.88. The van der Waals surface area contributed by atoms with Crippen molar-refractivity contribution in [1.29, 1.82) is 0 Å². The average Bonchev–Trinajstić information content (AvgIpc) is 2.61. The molecule has 0 bridgehead atoms. The minimum Gasteiger partial charge on any atom is -0.494 e. The first-order valence-corrected chi connectivity index (χ1v) is 9.33. The van der Waals surface area contributed by atoms with Gasteiger partial charge < -0.3 is 14.2 Å². The topological polar surface area (TPSA) is 40.0 Å². The summed E-state index contributed by atoms with van der Waals surface area (Å²) in [5, 5.41) is 0. The van der Waals surface area contributed by atoms with Crippen molar-refractivity contribution in [2.45, 2.75) is 27.2 Å². The molecule has 2 rings (SSSR count). The van der Waals surface area contributed by atoms with Crippen LogP contribution in [-0.2, 0) is 0 Å². The molecule has 0 spiro atoms. The predicted octanol–water partition coefficient (Wildman–Crippen LogP) is 5.79. The number of ether oxygens (including phenoxy) is 3. The molecule has 5 heteroatoms. The van der Waals surface area contributed by atoms with Crippen molar-refractivity contribution < 1.29 is 14.2 Å². The SMILES string of the molecule is CCCOc1c(Br)cc(C=Nc2ccc(OCC)cc2)cc1OCC. The highest BCUT2D eigenvalue weighted by atomic mass is 79.9. The molecule has 0 aliphatic carbocycles. The fraction of sp³-hybridized carbons (Fsp3) is 0.350. The Hall–Kier alpha value is -2.01. The van der Waals surface area contributed by atoms with E-state index < -0.39 is 0 Å². The lowest BCUT2D eigenvalue weighted by molar-refractivity contribution is 0.275. The molecule has 0 amide bonds. The van der Waals surface area contributed by atoms with Crippen LogP contribution >= 0.6 is 15.9 Å². The van der Waals surface area contributed by atoms with Gasteiger partial charge in [-0.25, -0.2) is 0 Å². The summed E-state index contributed by atoms with van der Waals surface area (Å²) < 4.78 is 17.8. The highest BCUT2D eigenvalue weighted by Gasteiger charge is 2.11. The molecule has 0 atom stereocenters. The molecule has 0 aliphatic rings. The first-order valence-electron chi connectivity index (χ1n) is 8.54. The van der Waals surface area contributed by atoms with Gasteiger partial charge >= 0.3 is 0 Å². The first kappa shape index (κ1) is 19.3. The van der Waals surface area contributed by atoms with Crippen molar-refractivity contribution in [2.24, 2.45) is 4.99 Å². The Morgan fingerprint density at radius 3 is 2.32 bits per heavy atom. The maximum atomic E-state index is 5.79. The molecule has 0 fully saturated rings. The number of halogens is 1. The summed E-state index contributed by atoms with van der Waals surface area (Å²) in [5.74, 6) is 2.31. The second-order valence-electron chi connectivity index (χ2n) is 5.30. The van der Waals surface area contributed by atoms with Crippen molar-refractivity contribution in [2.75, 3.05) is 19.8 Å². The number of rotatable bonds is 9. The minimum atomic E-state index is 0.578. The largest absolute Gasteiger partial charge is 0.494 e. The van der Waals surface area contributed by atoms with Gasteiger partial charge in [0.2, 0.25) is 0 Å². The van der Waals surface area contributed by atoms with Gasteiger partial charge in [0.25, 0.3) is 0 Å². The lowest BCUT2D eigenvalue weighted by Gasteiger charge is -2.14. The Morgan fingerprint density at radius 2 is 1.68 bits per heavy atom. The van der Waals surface area contributed by atoms with Crippen molar-refractivity contribution in [3.63, 3.8) is 0 Å². The molecular formula is C20H24BrNO3. The van der Waals surface area contributed by atoms with Gasteiger partial charge in [-0.3, -0.25) is 4.99 Å². The van der Waals surface area contributed by atoms with Gasteiger partial charge in [0.1, 0.15) is 5.75 Å². The Kier molecular flexibility index (Phi) is 7.79. The molecule has 0 aliphatic heterocycles. The van der Waals surface area contributed by atoms with Crippen molar-refractivity contribution in [3.05, 3.63) is 46.4 Å². The van der Waals surface area contributed by atoms with E-state index in [0.717, 1.165) is 39.4 Å². The van der Waals surface area contributed by atoms with Crippen LogP contribution in [0.3, 0.4) is 0 Å². The molecular weight excluding hydrogens is 382 g/mol. The molecule has 25 heavy (non-hydrogen) atoms. The van der Waals surface area contributed by atoms with E-state index in [4.69, 9.17) is 14.2 Å². The van der Waals surface area contributed by atoms with Crippen LogP contribution in [0.4, 0.5) is 5.69 Å². The number of nitrogens with zero attached hydrogens (tertiary/aromatic N) is 1. The third-order valence-electron chi connectivity index (χ3n) is 3.29. The summed E-state index contributed by atoms with van der Waals surface area (Å²) in [6.07, 6.45) is 2.76. The van der Waals surface area contributed by atoms with Crippen molar-refractivity contribution in [1.82, 2.24) is 0 Å². The number of hydrogen-bond donors (Lipinski definition) is 0. The fourth-order valence-electron chi connectivity index (χ4n) is 2.21. The van der Waals surface area contributed by atoms with Crippen LogP contribution in [0.2, 0.25) is 0 Å². The highest BCUT2D eigenvalue weighted by molar-refractivity contribution is 9.10. The van der Waals surface area contributed by atoms with E-state index >= 15 is 0 Å².